The molecule has 8 heteroatoms. The number of carbonyl (C=O) groups is 2. The number of hydrogen-bond donors (Lipinski definition) is 2. The Morgan fingerprint density at radius 1 is 1.38 bits per heavy atom. The fourth-order valence-electron chi connectivity index (χ4n) is 2.55. The average Bonchev–Trinajstić information content (AvgIpc) is 2.93. The van der Waals surface area contributed by atoms with Crippen molar-refractivity contribution in [3.63, 3.8) is 0 Å². The topological polar surface area (TPSA) is 114 Å². The third kappa shape index (κ3) is 4.09. The van der Waals surface area contributed by atoms with Gasteiger partial charge >= 0.3 is 5.97 Å². The molecule has 1 amide bonds. The first kappa shape index (κ1) is 17.5. The van der Waals surface area contributed by atoms with Crippen LogP contribution in [0.1, 0.15) is 19.8 Å². The summed E-state index contributed by atoms with van der Waals surface area (Å²) in [6.45, 7) is 2.01. The lowest BCUT2D eigenvalue weighted by Gasteiger charge is -2.13. The van der Waals surface area contributed by atoms with Crippen molar-refractivity contribution in [1.29, 1.82) is 0 Å². The maximum absolute atomic E-state index is 12.0. The largest absolute Gasteiger partial charge is 0.481 e. The van der Waals surface area contributed by atoms with Gasteiger partial charge in [0.2, 0.25) is 5.91 Å². The first-order valence-corrected chi connectivity index (χ1v) is 7.65. The van der Waals surface area contributed by atoms with E-state index < -0.39 is 16.8 Å². The van der Waals surface area contributed by atoms with E-state index >= 15 is 0 Å². The van der Waals surface area contributed by atoms with Gasteiger partial charge in [-0.3, -0.25) is 19.7 Å². The summed E-state index contributed by atoms with van der Waals surface area (Å²) in [5, 5.41) is 23.2. The van der Waals surface area contributed by atoms with Gasteiger partial charge in [-0.05, 0) is 18.6 Å². The summed E-state index contributed by atoms with van der Waals surface area (Å²) in [5.74, 6) is -1.81. The lowest BCUT2D eigenvalue weighted by molar-refractivity contribution is -0.384. The zero-order chi connectivity index (χ0) is 17.7. The van der Waals surface area contributed by atoms with E-state index in [4.69, 9.17) is 5.11 Å². The fraction of sp³-hybridized carbons (Fsp3) is 0.375. The molecular formula is C16H19N3O5. The van der Waals surface area contributed by atoms with Crippen molar-refractivity contribution in [2.75, 3.05) is 6.54 Å². The van der Waals surface area contributed by atoms with Gasteiger partial charge in [0.15, 0.2) is 0 Å². The van der Waals surface area contributed by atoms with Gasteiger partial charge in [0.05, 0.1) is 10.8 Å². The highest BCUT2D eigenvalue weighted by Crippen LogP contribution is 2.21. The summed E-state index contributed by atoms with van der Waals surface area (Å²) < 4.78 is 1.67. The molecule has 1 unspecified atom stereocenters. The normalized spacial score (nSPS) is 12.0. The Morgan fingerprint density at radius 3 is 2.75 bits per heavy atom. The first-order valence-electron chi connectivity index (χ1n) is 7.65. The van der Waals surface area contributed by atoms with Crippen LogP contribution in [0.25, 0.3) is 10.9 Å². The van der Waals surface area contributed by atoms with Crippen molar-refractivity contribution in [1.82, 2.24) is 9.88 Å². The van der Waals surface area contributed by atoms with Gasteiger partial charge in [-0.15, -0.1) is 0 Å². The van der Waals surface area contributed by atoms with Crippen molar-refractivity contribution in [2.24, 2.45) is 5.92 Å². The molecule has 128 valence electrons. The minimum Gasteiger partial charge on any atom is -0.481 e. The number of carbonyl (C=O) groups excluding carboxylic acids is 1. The highest BCUT2D eigenvalue weighted by Gasteiger charge is 2.17. The van der Waals surface area contributed by atoms with Crippen LogP contribution in [-0.4, -0.2) is 33.0 Å². The first-order chi connectivity index (χ1) is 11.4. The van der Waals surface area contributed by atoms with E-state index in [9.17, 15) is 19.7 Å². The molecular weight excluding hydrogens is 314 g/mol. The fourth-order valence-corrected chi connectivity index (χ4v) is 2.55. The number of rotatable bonds is 8. The zero-order valence-corrected chi connectivity index (χ0v) is 13.3. The quantitative estimate of drug-likeness (QED) is 0.567. The summed E-state index contributed by atoms with van der Waals surface area (Å²) in [6, 6.07) is 6.13. The lowest BCUT2D eigenvalue weighted by atomic mass is 10.0. The summed E-state index contributed by atoms with van der Waals surface area (Å²) in [6.07, 6.45) is 2.91. The van der Waals surface area contributed by atoms with Crippen molar-refractivity contribution in [2.45, 2.75) is 26.3 Å². The Balaban J connectivity index is 2.03. The van der Waals surface area contributed by atoms with Gasteiger partial charge in [0.1, 0.15) is 6.54 Å². The molecule has 0 aliphatic heterocycles. The van der Waals surface area contributed by atoms with E-state index in [1.54, 1.807) is 22.9 Å². The predicted octanol–water partition coefficient (Wildman–Crippen LogP) is 2.17. The standard InChI is InChI=1S/C16H19N3O5/c1-2-3-12(16(21)22)9-17-15(20)10-18-7-6-11-8-13(19(23)24)4-5-14(11)18/h4-8,12H,2-3,9-10H2,1H3,(H,17,20)(H,21,22). The number of nitrogens with zero attached hydrogens (tertiary/aromatic N) is 2. The van der Waals surface area contributed by atoms with E-state index in [0.717, 1.165) is 6.42 Å². The number of nitro benzene ring substituents is 1. The number of benzene rings is 1. The maximum atomic E-state index is 12.0. The van der Waals surface area contributed by atoms with Crippen LogP contribution in [0.15, 0.2) is 30.5 Å². The van der Waals surface area contributed by atoms with Crippen molar-refractivity contribution in [3.8, 4) is 0 Å². The van der Waals surface area contributed by atoms with Crippen LogP contribution in [0.3, 0.4) is 0 Å². The molecule has 1 aromatic carbocycles. The second-order valence-corrected chi connectivity index (χ2v) is 5.57. The van der Waals surface area contributed by atoms with Gasteiger partial charge in [0, 0.05) is 35.8 Å². The summed E-state index contributed by atoms with van der Waals surface area (Å²) in [5.41, 5.74) is 0.702. The number of nitrogens with one attached hydrogen (secondary N) is 1. The smallest absolute Gasteiger partial charge is 0.308 e. The molecule has 8 nitrogen and oxygen atoms in total. The average molecular weight is 333 g/mol. The van der Waals surface area contributed by atoms with Gasteiger partial charge < -0.3 is 15.0 Å². The van der Waals surface area contributed by atoms with Gasteiger partial charge in [-0.25, -0.2) is 0 Å². The molecule has 0 saturated heterocycles. The number of aromatic nitrogens is 1. The Kier molecular flexibility index (Phi) is 5.51. The predicted molar refractivity (Wildman–Crippen MR) is 87.6 cm³/mol. The van der Waals surface area contributed by atoms with Crippen LogP contribution in [0.2, 0.25) is 0 Å². The number of non-ortho nitro benzene ring substituents is 1. The summed E-state index contributed by atoms with van der Waals surface area (Å²) in [4.78, 5) is 33.4. The SMILES string of the molecule is CCCC(CNC(=O)Cn1ccc2cc([N+](=O)[O-])ccc21)C(=O)O. The molecule has 0 saturated carbocycles. The Bertz CT molecular complexity index is 768. The molecule has 0 aliphatic carbocycles. The van der Waals surface area contributed by atoms with Crippen LogP contribution in [-0.2, 0) is 16.1 Å². The molecule has 2 N–H and O–H groups in total. The molecule has 0 radical (unpaired) electrons. The summed E-state index contributed by atoms with van der Waals surface area (Å²) in [7, 11) is 0. The van der Waals surface area contributed by atoms with Gasteiger partial charge in [0.25, 0.3) is 5.69 Å². The zero-order valence-electron chi connectivity index (χ0n) is 13.3. The van der Waals surface area contributed by atoms with Crippen molar-refractivity contribution >= 4 is 28.5 Å². The van der Waals surface area contributed by atoms with Crippen molar-refractivity contribution in [3.05, 3.63) is 40.6 Å². The molecule has 1 atom stereocenters. The second kappa shape index (κ2) is 7.58. The maximum Gasteiger partial charge on any atom is 0.308 e. The number of fused-ring (bicyclic) bond motifs is 1. The number of aliphatic carboxylic acids is 1. The van der Waals surface area contributed by atoms with E-state index in [1.165, 1.54) is 12.1 Å². The van der Waals surface area contributed by atoms with Crippen LogP contribution < -0.4 is 5.32 Å². The number of hydrogen-bond acceptors (Lipinski definition) is 4. The second-order valence-electron chi connectivity index (χ2n) is 5.57. The Labute approximate surface area is 138 Å². The highest BCUT2D eigenvalue weighted by atomic mass is 16.6. The number of amides is 1. The molecule has 0 bridgehead atoms. The molecule has 0 aliphatic rings. The summed E-state index contributed by atoms with van der Waals surface area (Å²) >= 11 is 0. The lowest BCUT2D eigenvalue weighted by Crippen LogP contribution is -2.34. The minimum atomic E-state index is -0.920. The van der Waals surface area contributed by atoms with E-state index in [1.807, 2.05) is 6.92 Å². The van der Waals surface area contributed by atoms with Crippen LogP contribution in [0.4, 0.5) is 5.69 Å². The van der Waals surface area contributed by atoms with Gasteiger partial charge in [-0.2, -0.15) is 0 Å². The molecule has 0 spiro atoms. The monoisotopic (exact) mass is 333 g/mol. The number of carboxylic acid groups (broad SMARTS) is 1. The van der Waals surface area contributed by atoms with Crippen molar-refractivity contribution < 1.29 is 19.6 Å². The minimum absolute atomic E-state index is 0.00596. The van der Waals surface area contributed by atoms with Gasteiger partial charge in [-0.1, -0.05) is 13.3 Å². The van der Waals surface area contributed by atoms with Crippen LogP contribution in [0.5, 0.6) is 0 Å². The molecule has 1 heterocycles. The number of carboxylic acids is 1. The molecule has 2 aromatic rings. The van der Waals surface area contributed by atoms with Crippen LogP contribution in [0, 0.1) is 16.0 Å². The molecule has 0 fully saturated rings. The van der Waals surface area contributed by atoms with E-state index in [2.05, 4.69) is 5.32 Å². The van der Waals surface area contributed by atoms with E-state index in [-0.39, 0.29) is 24.7 Å². The van der Waals surface area contributed by atoms with E-state index in [0.29, 0.717) is 17.3 Å². The number of nitro groups is 1. The third-order valence-electron chi connectivity index (χ3n) is 3.81. The molecule has 1 aromatic heterocycles. The molecule has 2 rings (SSSR count). The molecule has 24 heavy (non-hydrogen) atoms. The third-order valence-corrected chi connectivity index (χ3v) is 3.81. The van der Waals surface area contributed by atoms with Crippen LogP contribution >= 0.6 is 0 Å². The Morgan fingerprint density at radius 2 is 2.12 bits per heavy atom. The Hall–Kier alpha value is -2.90. The highest BCUT2D eigenvalue weighted by molar-refractivity contribution is 5.85.